The van der Waals surface area contributed by atoms with Gasteiger partial charge in [-0.15, -0.1) is 0 Å². The second kappa shape index (κ2) is 8.85. The molecular formula is C37H54O5. The van der Waals surface area contributed by atoms with Gasteiger partial charge >= 0.3 is 5.97 Å². The molecule has 1 aliphatic heterocycles. The van der Waals surface area contributed by atoms with E-state index >= 15 is 0 Å². The minimum atomic E-state index is -1.28. The average molecular weight is 579 g/mol. The molecule has 1 spiro atoms. The van der Waals surface area contributed by atoms with Gasteiger partial charge in [-0.25, -0.2) is 0 Å². The Labute approximate surface area is 252 Å². The molecule has 0 radical (unpaired) electrons. The third-order valence-corrected chi connectivity index (χ3v) is 16.0. The van der Waals surface area contributed by atoms with Crippen molar-refractivity contribution in [3.05, 3.63) is 35.9 Å². The number of hydrogen-bond acceptors (Lipinski definition) is 4. The monoisotopic (exact) mass is 578 g/mol. The fraction of sp³-hybridized carbons (Fsp3) is 0.811. The highest BCUT2D eigenvalue weighted by atomic mass is 16.6. The van der Waals surface area contributed by atoms with Crippen LogP contribution in [0.25, 0.3) is 0 Å². The van der Waals surface area contributed by atoms with Gasteiger partial charge < -0.3 is 20.1 Å². The number of aliphatic carboxylic acids is 1. The van der Waals surface area contributed by atoms with Crippen LogP contribution in [0.1, 0.15) is 111 Å². The van der Waals surface area contributed by atoms with E-state index in [2.05, 4.69) is 58.9 Å². The molecule has 1 aromatic rings. The SMILES string of the molecule is C[C@@H]1[C@@]23CC[C@H]4[C@@](C)(CC[C@@]5(C)[C@@H]6C[C@](C)(C(=O)O)CC[C@]6(C)CC[C@]45C)[C@@H]2[C@@H](O)C[C@]1(O)O[C@@H]3Cc1ccccc1. The van der Waals surface area contributed by atoms with Crippen LogP contribution in [-0.4, -0.2) is 39.3 Å². The van der Waals surface area contributed by atoms with Gasteiger partial charge in [0.15, 0.2) is 5.79 Å². The maximum Gasteiger partial charge on any atom is 0.309 e. The number of hydrogen-bond donors (Lipinski definition) is 3. The number of fused-ring (bicyclic) bond motifs is 7. The van der Waals surface area contributed by atoms with Gasteiger partial charge in [-0.3, -0.25) is 4.79 Å². The molecule has 1 aromatic carbocycles. The largest absolute Gasteiger partial charge is 0.481 e. The number of carboxylic acids is 1. The second-order valence-corrected chi connectivity index (χ2v) is 17.4. The molecule has 0 amide bonds. The molecule has 5 aliphatic carbocycles. The maximum absolute atomic E-state index is 12.5. The first-order valence-electron chi connectivity index (χ1n) is 16.9. The summed E-state index contributed by atoms with van der Waals surface area (Å²) in [7, 11) is 0. The molecule has 6 aliphatic rings. The van der Waals surface area contributed by atoms with Crippen LogP contribution in [0.15, 0.2) is 30.3 Å². The fourth-order valence-electron chi connectivity index (χ4n) is 13.4. The minimum Gasteiger partial charge on any atom is -0.481 e. The Morgan fingerprint density at radius 2 is 1.52 bits per heavy atom. The van der Waals surface area contributed by atoms with Crippen LogP contribution in [0.3, 0.4) is 0 Å². The number of aliphatic hydroxyl groups is 2. The predicted octanol–water partition coefficient (Wildman–Crippen LogP) is 7.23. The van der Waals surface area contributed by atoms with E-state index in [0.29, 0.717) is 18.3 Å². The summed E-state index contributed by atoms with van der Waals surface area (Å²) in [5.74, 6) is -1.02. The smallest absolute Gasteiger partial charge is 0.309 e. The summed E-state index contributed by atoms with van der Waals surface area (Å²) in [5, 5.41) is 34.2. The first-order valence-corrected chi connectivity index (χ1v) is 16.9. The van der Waals surface area contributed by atoms with Crippen molar-refractivity contribution in [2.75, 3.05) is 0 Å². The molecule has 0 unspecified atom stereocenters. The van der Waals surface area contributed by atoms with Crippen LogP contribution in [0, 0.1) is 56.2 Å². The normalized spacial score (nSPS) is 56.5. The highest BCUT2D eigenvalue weighted by Crippen LogP contribution is 2.80. The van der Waals surface area contributed by atoms with E-state index in [4.69, 9.17) is 4.74 Å². The molecule has 1 heterocycles. The molecule has 3 N–H and O–H groups in total. The molecule has 13 atom stereocenters. The van der Waals surface area contributed by atoms with E-state index in [0.717, 1.165) is 51.4 Å². The fourth-order valence-corrected chi connectivity index (χ4v) is 13.4. The molecular weight excluding hydrogens is 524 g/mol. The Bertz CT molecular complexity index is 1270. The van der Waals surface area contributed by atoms with Crippen molar-refractivity contribution in [2.45, 2.75) is 130 Å². The minimum absolute atomic E-state index is 0.0322. The Morgan fingerprint density at radius 1 is 0.881 bits per heavy atom. The van der Waals surface area contributed by atoms with Crippen LogP contribution in [0.5, 0.6) is 0 Å². The lowest BCUT2D eigenvalue weighted by Gasteiger charge is -2.75. The van der Waals surface area contributed by atoms with Crippen LogP contribution >= 0.6 is 0 Å². The number of rotatable bonds is 3. The summed E-state index contributed by atoms with van der Waals surface area (Å²) in [6.07, 6.45) is 9.44. The van der Waals surface area contributed by atoms with Crippen molar-refractivity contribution >= 4 is 5.97 Å². The second-order valence-electron chi connectivity index (χ2n) is 17.4. The van der Waals surface area contributed by atoms with Gasteiger partial charge in [-0.2, -0.15) is 0 Å². The molecule has 5 heteroatoms. The zero-order valence-electron chi connectivity index (χ0n) is 26.8. The van der Waals surface area contributed by atoms with Crippen molar-refractivity contribution in [3.8, 4) is 0 Å². The topological polar surface area (TPSA) is 87.0 Å². The van der Waals surface area contributed by atoms with E-state index in [-0.39, 0.29) is 45.0 Å². The zero-order valence-corrected chi connectivity index (χ0v) is 26.8. The van der Waals surface area contributed by atoms with Crippen molar-refractivity contribution in [2.24, 2.45) is 56.2 Å². The van der Waals surface area contributed by atoms with Crippen molar-refractivity contribution in [1.29, 1.82) is 0 Å². The Kier molecular flexibility index (Phi) is 6.17. The number of carboxylic acid groups (broad SMARTS) is 1. The summed E-state index contributed by atoms with van der Waals surface area (Å²) >= 11 is 0. The van der Waals surface area contributed by atoms with Gasteiger partial charge in [0.2, 0.25) is 0 Å². The van der Waals surface area contributed by atoms with Gasteiger partial charge in [-0.1, -0.05) is 65.0 Å². The van der Waals surface area contributed by atoms with Crippen LogP contribution in [0.2, 0.25) is 0 Å². The average Bonchev–Trinajstić information content (AvgIpc) is 3.05. The van der Waals surface area contributed by atoms with Gasteiger partial charge in [0.05, 0.1) is 17.6 Å². The first-order chi connectivity index (χ1) is 19.6. The zero-order chi connectivity index (χ0) is 30.1. The van der Waals surface area contributed by atoms with E-state index in [1.165, 1.54) is 18.4 Å². The predicted molar refractivity (Wildman–Crippen MR) is 162 cm³/mol. The third kappa shape index (κ3) is 3.45. The third-order valence-electron chi connectivity index (χ3n) is 16.0. The van der Waals surface area contributed by atoms with E-state index in [9.17, 15) is 20.1 Å². The summed E-state index contributed by atoms with van der Waals surface area (Å²) < 4.78 is 6.67. The quantitative estimate of drug-likeness (QED) is 0.352. The Hall–Kier alpha value is -1.43. The highest BCUT2D eigenvalue weighted by molar-refractivity contribution is 5.74. The number of carbonyl (C=O) groups is 1. The highest BCUT2D eigenvalue weighted by Gasteiger charge is 2.77. The number of benzene rings is 1. The molecule has 7 rings (SSSR count). The van der Waals surface area contributed by atoms with Gasteiger partial charge in [0, 0.05) is 17.8 Å². The van der Waals surface area contributed by atoms with E-state index < -0.39 is 23.3 Å². The molecule has 5 nitrogen and oxygen atoms in total. The molecule has 6 fully saturated rings. The van der Waals surface area contributed by atoms with Gasteiger partial charge in [-0.05, 0) is 116 Å². The number of aliphatic hydroxyl groups excluding tert-OH is 1. The molecule has 232 valence electrons. The van der Waals surface area contributed by atoms with Crippen molar-refractivity contribution < 1.29 is 24.9 Å². The lowest BCUT2D eigenvalue weighted by atomic mass is 9.29. The van der Waals surface area contributed by atoms with Gasteiger partial charge in [0.25, 0.3) is 0 Å². The van der Waals surface area contributed by atoms with Crippen LogP contribution < -0.4 is 0 Å². The molecule has 42 heavy (non-hydrogen) atoms. The summed E-state index contributed by atoms with van der Waals surface area (Å²) in [4.78, 5) is 12.5. The Balaban J connectivity index is 1.29. The molecule has 1 saturated heterocycles. The summed E-state index contributed by atoms with van der Waals surface area (Å²) in [6.45, 7) is 14.2. The first kappa shape index (κ1) is 29.3. The Morgan fingerprint density at radius 3 is 2.21 bits per heavy atom. The van der Waals surface area contributed by atoms with E-state index in [1.54, 1.807) is 0 Å². The van der Waals surface area contributed by atoms with E-state index in [1.807, 2.05) is 13.0 Å². The summed E-state index contributed by atoms with van der Waals surface area (Å²) in [6, 6.07) is 10.5. The lowest BCUT2D eigenvalue weighted by molar-refractivity contribution is -0.286. The molecule has 5 saturated carbocycles. The molecule has 2 bridgehead atoms. The van der Waals surface area contributed by atoms with Crippen LogP contribution in [0.4, 0.5) is 0 Å². The van der Waals surface area contributed by atoms with Crippen molar-refractivity contribution in [3.63, 3.8) is 0 Å². The maximum atomic E-state index is 12.5. The number of ether oxygens (including phenoxy) is 1. The van der Waals surface area contributed by atoms with Gasteiger partial charge in [0.1, 0.15) is 0 Å². The lowest BCUT2D eigenvalue weighted by Crippen LogP contribution is -2.71. The van der Waals surface area contributed by atoms with Crippen LogP contribution in [-0.2, 0) is 16.0 Å². The van der Waals surface area contributed by atoms with Crippen molar-refractivity contribution in [1.82, 2.24) is 0 Å². The molecule has 0 aromatic heterocycles. The summed E-state index contributed by atoms with van der Waals surface area (Å²) in [5.41, 5.74) is 0.586. The standard InChI is InChI=1S/C37H54O5/c1-23-36-13-12-26-33(4,29(36)25(38)21-37(23,41)42-28(36)20-24-10-8-7-9-11-24)17-19-35(6)27-22-32(3,30(39)40)15-14-31(27,2)16-18-34(26,35)5/h7-11,23,25-29,38,41H,12-22H2,1-6H3,(H,39,40)/t23-,25+,26+,27-,28-,29+,31-,32-,33-,34-,35+,36-,37+/m1/s1.